The van der Waals surface area contributed by atoms with Crippen LogP contribution in [0.3, 0.4) is 0 Å². The molecule has 0 aromatic heterocycles. The maximum Gasteiger partial charge on any atom is 0.325 e. The molecule has 0 unspecified atom stereocenters. The molecule has 158 valence electrons. The molecule has 0 aliphatic heterocycles. The predicted molar refractivity (Wildman–Crippen MR) is 122 cm³/mol. The van der Waals surface area contributed by atoms with Gasteiger partial charge in [0.15, 0.2) is 6.61 Å². The molecular weight excluding hydrogens is 460 g/mol. The third-order valence-corrected chi connectivity index (χ3v) is 4.94. The zero-order valence-corrected chi connectivity index (χ0v) is 18.2. The van der Waals surface area contributed by atoms with Crippen molar-refractivity contribution in [3.63, 3.8) is 0 Å². The van der Waals surface area contributed by atoms with Gasteiger partial charge in [-0.05, 0) is 42.0 Å². The molecule has 3 aromatic rings. The van der Waals surface area contributed by atoms with E-state index in [2.05, 4.69) is 21.2 Å². The maximum absolute atomic E-state index is 12.8. The van der Waals surface area contributed by atoms with Crippen LogP contribution in [0, 0.1) is 0 Å². The number of carbonyl (C=O) groups is 3. The molecule has 0 radical (unpaired) electrons. The monoisotopic (exact) mass is 480 g/mol. The second-order valence-electron chi connectivity index (χ2n) is 6.65. The number of nitrogens with one attached hydrogen (secondary N) is 1. The lowest BCUT2D eigenvalue weighted by Gasteiger charge is -2.23. The first-order valence-corrected chi connectivity index (χ1v) is 10.4. The molecule has 0 bridgehead atoms. The second kappa shape index (κ2) is 11.1. The summed E-state index contributed by atoms with van der Waals surface area (Å²) in [5.41, 5.74) is 2.08. The summed E-state index contributed by atoms with van der Waals surface area (Å²) < 4.78 is 5.94. The number of benzene rings is 3. The smallest absolute Gasteiger partial charge is 0.325 e. The summed E-state index contributed by atoms with van der Waals surface area (Å²) in [6, 6.07) is 25.5. The Morgan fingerprint density at radius 2 is 1.45 bits per heavy atom. The molecule has 1 N–H and O–H groups in total. The Morgan fingerprint density at radius 1 is 0.839 bits per heavy atom. The van der Waals surface area contributed by atoms with Gasteiger partial charge in [0.25, 0.3) is 11.8 Å². The Labute approximate surface area is 189 Å². The molecule has 2 amide bonds. The van der Waals surface area contributed by atoms with E-state index >= 15 is 0 Å². The number of nitrogens with zero attached hydrogens (tertiary/aromatic N) is 1. The molecule has 0 heterocycles. The highest BCUT2D eigenvalue weighted by Gasteiger charge is 2.18. The third-order valence-electron chi connectivity index (χ3n) is 4.41. The van der Waals surface area contributed by atoms with E-state index in [1.807, 2.05) is 60.7 Å². The molecule has 0 aliphatic carbocycles. The van der Waals surface area contributed by atoms with Crippen molar-refractivity contribution < 1.29 is 19.1 Å². The Balaban J connectivity index is 1.55. The first-order chi connectivity index (χ1) is 15.0. The average molecular weight is 481 g/mol. The molecular formula is C24H21BrN2O4. The van der Waals surface area contributed by atoms with Crippen LogP contribution < -0.4 is 10.2 Å². The van der Waals surface area contributed by atoms with Crippen molar-refractivity contribution in [2.45, 2.75) is 6.54 Å². The van der Waals surface area contributed by atoms with Crippen LogP contribution in [0.1, 0.15) is 15.9 Å². The van der Waals surface area contributed by atoms with Crippen molar-refractivity contribution in [1.29, 1.82) is 0 Å². The van der Waals surface area contributed by atoms with Crippen LogP contribution >= 0.6 is 15.9 Å². The Bertz CT molecular complexity index is 1020. The minimum absolute atomic E-state index is 0.327. The van der Waals surface area contributed by atoms with Crippen molar-refractivity contribution in [3.05, 3.63) is 101 Å². The first-order valence-electron chi connectivity index (χ1n) is 9.61. The largest absolute Gasteiger partial charge is 0.454 e. The predicted octanol–water partition coefficient (Wildman–Crippen LogP) is 3.96. The normalized spacial score (nSPS) is 10.2. The zero-order valence-electron chi connectivity index (χ0n) is 16.7. The van der Waals surface area contributed by atoms with Crippen LogP contribution in [0.2, 0.25) is 0 Å². The minimum Gasteiger partial charge on any atom is -0.454 e. The summed E-state index contributed by atoms with van der Waals surface area (Å²) >= 11 is 3.30. The number of para-hydroxylation sites is 1. The summed E-state index contributed by atoms with van der Waals surface area (Å²) in [6.45, 7) is -0.400. The van der Waals surface area contributed by atoms with Crippen LogP contribution in [0.25, 0.3) is 0 Å². The topological polar surface area (TPSA) is 75.7 Å². The van der Waals surface area contributed by atoms with Crippen molar-refractivity contribution >= 4 is 39.4 Å². The van der Waals surface area contributed by atoms with Gasteiger partial charge in [0.05, 0.1) is 6.54 Å². The zero-order chi connectivity index (χ0) is 22.1. The molecule has 0 fully saturated rings. The van der Waals surface area contributed by atoms with Gasteiger partial charge in [-0.3, -0.25) is 14.4 Å². The summed E-state index contributed by atoms with van der Waals surface area (Å²) in [7, 11) is 0. The summed E-state index contributed by atoms with van der Waals surface area (Å²) in [5, 5.41) is 2.49. The number of anilines is 1. The fourth-order valence-corrected chi connectivity index (χ4v) is 3.09. The van der Waals surface area contributed by atoms with Gasteiger partial charge in [0.2, 0.25) is 0 Å². The van der Waals surface area contributed by atoms with E-state index in [-0.39, 0.29) is 12.5 Å². The molecule has 3 aromatic carbocycles. The Hall–Kier alpha value is -3.45. The summed E-state index contributed by atoms with van der Waals surface area (Å²) in [4.78, 5) is 38.5. The highest BCUT2D eigenvalue weighted by molar-refractivity contribution is 9.10. The molecule has 0 atom stereocenters. The SMILES string of the molecule is O=C(CNC(=O)c1ccc(Br)cc1)OCC(=O)N(Cc1ccccc1)c1ccccc1. The Kier molecular flexibility index (Phi) is 7.95. The quantitative estimate of drug-likeness (QED) is 0.495. The Morgan fingerprint density at radius 3 is 2.10 bits per heavy atom. The average Bonchev–Trinajstić information content (AvgIpc) is 2.81. The molecule has 6 nitrogen and oxygen atoms in total. The molecule has 0 saturated heterocycles. The molecule has 0 saturated carbocycles. The van der Waals surface area contributed by atoms with Gasteiger partial charge in [-0.25, -0.2) is 0 Å². The molecule has 7 heteroatoms. The lowest BCUT2D eigenvalue weighted by Crippen LogP contribution is -2.36. The van der Waals surface area contributed by atoms with Gasteiger partial charge in [-0.15, -0.1) is 0 Å². The number of hydrogen-bond acceptors (Lipinski definition) is 4. The van der Waals surface area contributed by atoms with Gasteiger partial charge in [0.1, 0.15) is 6.54 Å². The highest BCUT2D eigenvalue weighted by atomic mass is 79.9. The van der Waals surface area contributed by atoms with E-state index in [4.69, 9.17) is 4.74 Å². The number of hydrogen-bond donors (Lipinski definition) is 1. The van der Waals surface area contributed by atoms with E-state index < -0.39 is 18.5 Å². The summed E-state index contributed by atoms with van der Waals surface area (Å²) in [5.74, 6) is -1.44. The first kappa shape index (κ1) is 22.2. The van der Waals surface area contributed by atoms with Gasteiger partial charge >= 0.3 is 5.97 Å². The van der Waals surface area contributed by atoms with E-state index in [9.17, 15) is 14.4 Å². The fraction of sp³-hybridized carbons (Fsp3) is 0.125. The molecule has 0 spiro atoms. The second-order valence-corrected chi connectivity index (χ2v) is 7.57. The van der Waals surface area contributed by atoms with Crippen molar-refractivity contribution in [2.24, 2.45) is 0 Å². The van der Waals surface area contributed by atoms with E-state index in [1.54, 1.807) is 29.2 Å². The van der Waals surface area contributed by atoms with E-state index in [0.717, 1.165) is 10.0 Å². The lowest BCUT2D eigenvalue weighted by molar-refractivity contribution is -0.146. The van der Waals surface area contributed by atoms with Crippen molar-refractivity contribution in [3.8, 4) is 0 Å². The molecule has 3 rings (SSSR count). The highest BCUT2D eigenvalue weighted by Crippen LogP contribution is 2.17. The van der Waals surface area contributed by atoms with Crippen LogP contribution in [-0.4, -0.2) is 30.9 Å². The van der Waals surface area contributed by atoms with Crippen LogP contribution in [0.5, 0.6) is 0 Å². The van der Waals surface area contributed by atoms with Crippen LogP contribution in [0.15, 0.2) is 89.4 Å². The molecule has 31 heavy (non-hydrogen) atoms. The summed E-state index contributed by atoms with van der Waals surface area (Å²) in [6.07, 6.45) is 0. The van der Waals surface area contributed by atoms with Gasteiger partial charge in [0, 0.05) is 15.7 Å². The van der Waals surface area contributed by atoms with E-state index in [1.165, 1.54) is 0 Å². The maximum atomic E-state index is 12.8. The molecule has 0 aliphatic rings. The number of amides is 2. The number of rotatable bonds is 8. The standard InChI is InChI=1S/C24H21BrN2O4/c25-20-13-11-19(12-14-20)24(30)26-15-23(29)31-17-22(28)27(21-9-5-2-6-10-21)16-18-7-3-1-4-8-18/h1-14H,15-17H2,(H,26,30). The van der Waals surface area contributed by atoms with E-state index in [0.29, 0.717) is 17.8 Å². The number of carbonyl (C=O) groups excluding carboxylic acids is 3. The van der Waals surface area contributed by atoms with Crippen LogP contribution in [-0.2, 0) is 20.9 Å². The fourth-order valence-electron chi connectivity index (χ4n) is 2.82. The van der Waals surface area contributed by atoms with Gasteiger partial charge in [-0.1, -0.05) is 64.5 Å². The van der Waals surface area contributed by atoms with Crippen LogP contribution in [0.4, 0.5) is 5.69 Å². The minimum atomic E-state index is -0.688. The number of esters is 1. The third kappa shape index (κ3) is 6.79. The number of halogens is 1. The van der Waals surface area contributed by atoms with Crippen molar-refractivity contribution in [1.82, 2.24) is 5.32 Å². The lowest BCUT2D eigenvalue weighted by atomic mass is 10.2. The number of ether oxygens (including phenoxy) is 1. The van der Waals surface area contributed by atoms with Gasteiger partial charge < -0.3 is 15.0 Å². The van der Waals surface area contributed by atoms with Crippen molar-refractivity contribution in [2.75, 3.05) is 18.1 Å². The van der Waals surface area contributed by atoms with Gasteiger partial charge in [-0.2, -0.15) is 0 Å².